The van der Waals surface area contributed by atoms with E-state index in [0.29, 0.717) is 25.6 Å². The first-order valence-electron chi connectivity index (χ1n) is 9.34. The van der Waals surface area contributed by atoms with Crippen molar-refractivity contribution in [3.8, 4) is 0 Å². The van der Waals surface area contributed by atoms with Crippen LogP contribution in [-0.2, 0) is 9.59 Å². The lowest BCUT2D eigenvalue weighted by atomic mass is 9.87. The summed E-state index contributed by atoms with van der Waals surface area (Å²) in [4.78, 5) is 29.3. The predicted octanol–water partition coefficient (Wildman–Crippen LogP) is 0.809. The molecule has 0 aromatic carbocycles. The Morgan fingerprint density at radius 3 is 2.75 bits per heavy atom. The van der Waals surface area contributed by atoms with Crippen LogP contribution in [0, 0.1) is 11.8 Å². The van der Waals surface area contributed by atoms with Crippen LogP contribution in [0.1, 0.15) is 47.0 Å². The van der Waals surface area contributed by atoms with Crippen LogP contribution in [0.15, 0.2) is 0 Å². The number of nitrogens with two attached hydrogens (primary N) is 1. The number of nitrogens with zero attached hydrogens (tertiary/aromatic N) is 2. The summed E-state index contributed by atoms with van der Waals surface area (Å²) in [6, 6.07) is 0.450. The van der Waals surface area contributed by atoms with Crippen molar-refractivity contribution in [2.75, 3.05) is 32.7 Å². The maximum atomic E-state index is 12.6. The fourth-order valence-corrected chi connectivity index (χ4v) is 3.71. The maximum Gasteiger partial charge on any atom is 0.225 e. The Bertz CT molecular complexity index is 468. The highest BCUT2D eigenvalue weighted by Gasteiger charge is 2.39. The molecule has 0 saturated carbocycles. The van der Waals surface area contributed by atoms with Crippen molar-refractivity contribution in [2.45, 2.75) is 58.5 Å². The van der Waals surface area contributed by atoms with E-state index in [2.05, 4.69) is 31.0 Å². The van der Waals surface area contributed by atoms with E-state index in [0.717, 1.165) is 26.1 Å². The van der Waals surface area contributed by atoms with Crippen molar-refractivity contribution in [1.82, 2.24) is 15.1 Å². The molecular formula is C18H34N4O2. The smallest absolute Gasteiger partial charge is 0.225 e. The third kappa shape index (κ3) is 4.09. The highest BCUT2D eigenvalue weighted by Crippen LogP contribution is 2.24. The lowest BCUT2D eigenvalue weighted by molar-refractivity contribution is -0.130. The Morgan fingerprint density at radius 1 is 1.46 bits per heavy atom. The van der Waals surface area contributed by atoms with Gasteiger partial charge in [-0.1, -0.05) is 20.8 Å². The first kappa shape index (κ1) is 19.2. The van der Waals surface area contributed by atoms with Crippen LogP contribution in [-0.4, -0.2) is 65.9 Å². The number of rotatable bonds is 7. The number of likely N-dealkylation sites (tertiary alicyclic amines) is 2. The van der Waals surface area contributed by atoms with Crippen LogP contribution in [0.5, 0.6) is 0 Å². The molecule has 2 amide bonds. The zero-order chi connectivity index (χ0) is 17.9. The highest BCUT2D eigenvalue weighted by atomic mass is 16.2. The molecule has 3 unspecified atom stereocenters. The number of nitrogens with one attached hydrogen (secondary N) is 1. The molecule has 2 saturated heterocycles. The van der Waals surface area contributed by atoms with Crippen molar-refractivity contribution >= 4 is 11.8 Å². The molecule has 0 spiro atoms. The van der Waals surface area contributed by atoms with E-state index in [1.807, 2.05) is 11.8 Å². The molecule has 3 atom stereocenters. The number of amides is 2. The molecule has 6 nitrogen and oxygen atoms in total. The summed E-state index contributed by atoms with van der Waals surface area (Å²) in [5, 5.41) is 3.09. The number of hydrogen-bond acceptors (Lipinski definition) is 4. The summed E-state index contributed by atoms with van der Waals surface area (Å²) in [5.74, 6) is 0.0678. The van der Waals surface area contributed by atoms with Gasteiger partial charge in [-0.2, -0.15) is 0 Å². The van der Waals surface area contributed by atoms with E-state index in [1.54, 1.807) is 0 Å². The minimum atomic E-state index is -0.419. The molecule has 0 radical (unpaired) electrons. The van der Waals surface area contributed by atoms with Gasteiger partial charge in [-0.05, 0) is 38.8 Å². The third-order valence-electron chi connectivity index (χ3n) is 6.03. The van der Waals surface area contributed by atoms with Crippen LogP contribution in [0.3, 0.4) is 0 Å². The fraction of sp³-hybridized carbons (Fsp3) is 0.889. The summed E-state index contributed by atoms with van der Waals surface area (Å²) in [7, 11) is 0. The number of likely N-dealkylation sites (N-methyl/N-ethyl adjacent to an activating group) is 1. The maximum absolute atomic E-state index is 12.6. The summed E-state index contributed by atoms with van der Waals surface area (Å²) in [6.45, 7) is 12.1. The lowest BCUT2D eigenvalue weighted by Crippen LogP contribution is -2.56. The minimum absolute atomic E-state index is 0.0359. The van der Waals surface area contributed by atoms with Gasteiger partial charge in [0, 0.05) is 32.1 Å². The van der Waals surface area contributed by atoms with Crippen LogP contribution in [0.2, 0.25) is 0 Å². The van der Waals surface area contributed by atoms with Gasteiger partial charge in [-0.3, -0.25) is 14.5 Å². The monoisotopic (exact) mass is 338 g/mol. The van der Waals surface area contributed by atoms with Gasteiger partial charge in [0.15, 0.2) is 0 Å². The second-order valence-corrected chi connectivity index (χ2v) is 7.89. The van der Waals surface area contributed by atoms with E-state index in [9.17, 15) is 9.59 Å². The second-order valence-electron chi connectivity index (χ2n) is 7.89. The molecule has 24 heavy (non-hydrogen) atoms. The molecule has 2 heterocycles. The Morgan fingerprint density at radius 2 is 2.17 bits per heavy atom. The van der Waals surface area contributed by atoms with Gasteiger partial charge in [-0.15, -0.1) is 0 Å². The van der Waals surface area contributed by atoms with Gasteiger partial charge in [0.25, 0.3) is 0 Å². The van der Waals surface area contributed by atoms with Gasteiger partial charge < -0.3 is 16.0 Å². The Labute approximate surface area is 146 Å². The van der Waals surface area contributed by atoms with Crippen molar-refractivity contribution in [3.05, 3.63) is 0 Å². The molecule has 2 aliphatic heterocycles. The molecule has 6 heteroatoms. The molecule has 0 aromatic rings. The Hall–Kier alpha value is -1.14. The number of carbonyl (C=O) groups excluding carboxylic acids is 2. The van der Waals surface area contributed by atoms with Crippen molar-refractivity contribution in [3.63, 3.8) is 0 Å². The third-order valence-corrected chi connectivity index (χ3v) is 6.03. The lowest BCUT2D eigenvalue weighted by Gasteiger charge is -2.34. The second kappa shape index (κ2) is 7.83. The zero-order valence-corrected chi connectivity index (χ0v) is 15.7. The first-order valence-corrected chi connectivity index (χ1v) is 9.34. The van der Waals surface area contributed by atoms with Gasteiger partial charge in [0.2, 0.25) is 11.8 Å². The van der Waals surface area contributed by atoms with Gasteiger partial charge >= 0.3 is 0 Å². The average molecular weight is 338 g/mol. The summed E-state index contributed by atoms with van der Waals surface area (Å²) < 4.78 is 0. The average Bonchev–Trinajstić information content (AvgIpc) is 3.14. The Kier molecular flexibility index (Phi) is 6.26. The molecule has 2 rings (SSSR count). The molecule has 2 fully saturated rings. The van der Waals surface area contributed by atoms with Crippen LogP contribution in [0.4, 0.5) is 0 Å². The Balaban J connectivity index is 1.93. The number of carbonyl (C=O) groups is 2. The predicted molar refractivity (Wildman–Crippen MR) is 95.4 cm³/mol. The number of hydrogen-bond donors (Lipinski definition) is 2. The van der Waals surface area contributed by atoms with Crippen molar-refractivity contribution < 1.29 is 9.59 Å². The zero-order valence-electron chi connectivity index (χ0n) is 15.7. The largest absolute Gasteiger partial charge is 0.349 e. The first-order chi connectivity index (χ1) is 11.3. The summed E-state index contributed by atoms with van der Waals surface area (Å²) in [6.07, 6.45) is 2.67. The molecular weight excluding hydrogens is 304 g/mol. The minimum Gasteiger partial charge on any atom is -0.349 e. The molecule has 0 bridgehead atoms. The highest BCUT2D eigenvalue weighted by molar-refractivity contribution is 5.89. The van der Waals surface area contributed by atoms with Crippen LogP contribution in [0.25, 0.3) is 0 Å². The van der Waals surface area contributed by atoms with E-state index >= 15 is 0 Å². The van der Waals surface area contributed by atoms with E-state index < -0.39 is 5.54 Å². The van der Waals surface area contributed by atoms with Gasteiger partial charge in [0.1, 0.15) is 0 Å². The molecule has 0 aliphatic carbocycles. The fourth-order valence-electron chi connectivity index (χ4n) is 3.71. The molecule has 3 N–H and O–H groups in total. The molecule has 2 aliphatic rings. The van der Waals surface area contributed by atoms with Gasteiger partial charge in [0.05, 0.1) is 11.5 Å². The quantitative estimate of drug-likeness (QED) is 0.720. The normalized spacial score (nSPS) is 27.8. The summed E-state index contributed by atoms with van der Waals surface area (Å²) in [5.41, 5.74) is 5.43. The van der Waals surface area contributed by atoms with E-state index in [4.69, 9.17) is 5.73 Å². The molecule has 0 aromatic heterocycles. The van der Waals surface area contributed by atoms with Crippen LogP contribution < -0.4 is 11.1 Å². The standard InChI is InChI=1S/C18H34N4O2/c1-5-21-8-6-7-15(21)11-22-10-14(9-16(22)23)17(24)20-18(4,12-19)13(2)3/h13-15H,5-12,19H2,1-4H3,(H,20,24). The van der Waals surface area contributed by atoms with Crippen molar-refractivity contribution in [1.29, 1.82) is 0 Å². The van der Waals surface area contributed by atoms with Gasteiger partial charge in [-0.25, -0.2) is 0 Å². The summed E-state index contributed by atoms with van der Waals surface area (Å²) >= 11 is 0. The molecule has 138 valence electrons. The topological polar surface area (TPSA) is 78.7 Å². The van der Waals surface area contributed by atoms with E-state index in [-0.39, 0.29) is 23.7 Å². The van der Waals surface area contributed by atoms with Crippen LogP contribution >= 0.6 is 0 Å². The van der Waals surface area contributed by atoms with E-state index in [1.165, 1.54) is 6.42 Å². The SMILES string of the molecule is CCN1CCCC1CN1CC(C(=O)NC(C)(CN)C(C)C)CC1=O. The van der Waals surface area contributed by atoms with Crippen molar-refractivity contribution in [2.24, 2.45) is 17.6 Å².